The van der Waals surface area contributed by atoms with Crippen LogP contribution in [0.2, 0.25) is 0 Å². The maximum absolute atomic E-state index is 12.5. The lowest BCUT2D eigenvalue weighted by Crippen LogP contribution is -2.46. The summed E-state index contributed by atoms with van der Waals surface area (Å²) in [7, 11) is 0. The molecule has 2 rings (SSSR count). The van der Waals surface area contributed by atoms with Gasteiger partial charge in [-0.1, -0.05) is 19.3 Å². The van der Waals surface area contributed by atoms with Crippen LogP contribution in [0.15, 0.2) is 24.3 Å². The zero-order chi connectivity index (χ0) is 13.9. The molecule has 2 nitrogen and oxygen atoms in total. The number of rotatable bonds is 3. The third-order valence-corrected chi connectivity index (χ3v) is 3.82. The van der Waals surface area contributed by atoms with Crippen LogP contribution in [0, 0.1) is 0 Å². The summed E-state index contributed by atoms with van der Waals surface area (Å²) in [5, 5.41) is 3.33. The SMILES string of the molecule is NCC1(Nc2ccc(C(F)(F)F)cc2)CCCCC1. The molecule has 1 aromatic carbocycles. The number of anilines is 1. The molecular weight excluding hydrogens is 253 g/mol. The van der Waals surface area contributed by atoms with Crippen LogP contribution in [0.5, 0.6) is 0 Å². The van der Waals surface area contributed by atoms with Gasteiger partial charge in [-0.3, -0.25) is 0 Å². The average molecular weight is 272 g/mol. The molecule has 106 valence electrons. The highest BCUT2D eigenvalue weighted by atomic mass is 19.4. The monoisotopic (exact) mass is 272 g/mol. The minimum atomic E-state index is -4.28. The molecule has 0 unspecified atom stereocenters. The standard InChI is InChI=1S/C14H19F3N2/c15-14(16,17)11-4-6-12(7-5-11)19-13(10-18)8-2-1-3-9-13/h4-7,19H,1-3,8-10,18H2. The van der Waals surface area contributed by atoms with Crippen LogP contribution in [0.25, 0.3) is 0 Å². The van der Waals surface area contributed by atoms with E-state index in [-0.39, 0.29) is 5.54 Å². The molecule has 1 aromatic rings. The fourth-order valence-corrected chi connectivity index (χ4v) is 2.66. The summed E-state index contributed by atoms with van der Waals surface area (Å²) in [6, 6.07) is 5.18. The first-order chi connectivity index (χ1) is 8.95. The van der Waals surface area contributed by atoms with E-state index in [1.807, 2.05) is 0 Å². The number of hydrogen-bond donors (Lipinski definition) is 2. The maximum Gasteiger partial charge on any atom is 0.416 e. The summed E-state index contributed by atoms with van der Waals surface area (Å²) in [5.41, 5.74) is 5.77. The van der Waals surface area contributed by atoms with Crippen LogP contribution in [-0.2, 0) is 6.18 Å². The van der Waals surface area contributed by atoms with Crippen molar-refractivity contribution >= 4 is 5.69 Å². The van der Waals surface area contributed by atoms with Crippen LogP contribution < -0.4 is 11.1 Å². The van der Waals surface area contributed by atoms with E-state index < -0.39 is 11.7 Å². The predicted molar refractivity (Wildman–Crippen MR) is 69.9 cm³/mol. The van der Waals surface area contributed by atoms with Gasteiger partial charge in [0.2, 0.25) is 0 Å². The smallest absolute Gasteiger partial charge is 0.378 e. The molecule has 0 bridgehead atoms. The molecule has 0 amide bonds. The zero-order valence-corrected chi connectivity index (χ0v) is 10.8. The Balaban J connectivity index is 2.10. The van der Waals surface area contributed by atoms with Gasteiger partial charge in [0.25, 0.3) is 0 Å². The van der Waals surface area contributed by atoms with Crippen molar-refractivity contribution in [3.63, 3.8) is 0 Å². The van der Waals surface area contributed by atoms with Crippen molar-refractivity contribution in [1.82, 2.24) is 0 Å². The second-order valence-electron chi connectivity index (χ2n) is 5.25. The summed E-state index contributed by atoms with van der Waals surface area (Å²) >= 11 is 0. The van der Waals surface area contributed by atoms with Gasteiger partial charge in [0.05, 0.1) is 5.56 Å². The van der Waals surface area contributed by atoms with Gasteiger partial charge in [-0.25, -0.2) is 0 Å². The molecule has 0 aliphatic heterocycles. The van der Waals surface area contributed by atoms with Gasteiger partial charge in [-0.15, -0.1) is 0 Å². The molecule has 19 heavy (non-hydrogen) atoms. The molecule has 0 spiro atoms. The van der Waals surface area contributed by atoms with E-state index in [2.05, 4.69) is 5.32 Å². The molecule has 1 fully saturated rings. The van der Waals surface area contributed by atoms with E-state index in [9.17, 15) is 13.2 Å². The largest absolute Gasteiger partial charge is 0.416 e. The fraction of sp³-hybridized carbons (Fsp3) is 0.571. The van der Waals surface area contributed by atoms with Crippen molar-refractivity contribution in [1.29, 1.82) is 0 Å². The van der Waals surface area contributed by atoms with Crippen molar-refractivity contribution in [2.24, 2.45) is 5.73 Å². The Bertz CT molecular complexity index is 406. The third-order valence-electron chi connectivity index (χ3n) is 3.82. The first-order valence-corrected chi connectivity index (χ1v) is 6.61. The van der Waals surface area contributed by atoms with E-state index in [0.29, 0.717) is 12.2 Å². The molecule has 1 aliphatic carbocycles. The molecule has 1 saturated carbocycles. The average Bonchev–Trinajstić information content (AvgIpc) is 2.39. The fourth-order valence-electron chi connectivity index (χ4n) is 2.66. The van der Waals surface area contributed by atoms with Gasteiger partial charge in [0, 0.05) is 17.8 Å². The quantitative estimate of drug-likeness (QED) is 0.878. The Morgan fingerprint density at radius 1 is 1.05 bits per heavy atom. The summed E-state index contributed by atoms with van der Waals surface area (Å²) in [5.74, 6) is 0. The van der Waals surface area contributed by atoms with E-state index in [0.717, 1.165) is 37.8 Å². The molecule has 0 saturated heterocycles. The van der Waals surface area contributed by atoms with E-state index in [4.69, 9.17) is 5.73 Å². The highest BCUT2D eigenvalue weighted by Crippen LogP contribution is 2.33. The van der Waals surface area contributed by atoms with Crippen LogP contribution in [0.1, 0.15) is 37.7 Å². The van der Waals surface area contributed by atoms with Gasteiger partial charge in [-0.2, -0.15) is 13.2 Å². The topological polar surface area (TPSA) is 38.0 Å². The normalized spacial score (nSPS) is 19.2. The van der Waals surface area contributed by atoms with Crippen molar-refractivity contribution < 1.29 is 13.2 Å². The molecule has 0 heterocycles. The predicted octanol–water partition coefficient (Wildman–Crippen LogP) is 3.78. The van der Waals surface area contributed by atoms with Gasteiger partial charge < -0.3 is 11.1 Å². The van der Waals surface area contributed by atoms with Gasteiger partial charge in [0.1, 0.15) is 0 Å². The van der Waals surface area contributed by atoms with Gasteiger partial charge in [-0.05, 0) is 37.1 Å². The van der Waals surface area contributed by atoms with Crippen molar-refractivity contribution in [2.75, 3.05) is 11.9 Å². The number of halogens is 3. The summed E-state index contributed by atoms with van der Waals surface area (Å²) < 4.78 is 37.4. The first-order valence-electron chi connectivity index (χ1n) is 6.61. The lowest BCUT2D eigenvalue weighted by molar-refractivity contribution is -0.137. The molecule has 5 heteroatoms. The third kappa shape index (κ3) is 3.41. The van der Waals surface area contributed by atoms with Crippen LogP contribution >= 0.6 is 0 Å². The summed E-state index contributed by atoms with van der Waals surface area (Å²) in [4.78, 5) is 0. The Hall–Kier alpha value is -1.23. The number of benzene rings is 1. The summed E-state index contributed by atoms with van der Waals surface area (Å²) in [6.45, 7) is 0.508. The highest BCUT2D eigenvalue weighted by Gasteiger charge is 2.32. The number of hydrogen-bond acceptors (Lipinski definition) is 2. The second-order valence-corrected chi connectivity index (χ2v) is 5.25. The molecular formula is C14H19F3N2. The van der Waals surface area contributed by atoms with Crippen molar-refractivity contribution in [3.05, 3.63) is 29.8 Å². The van der Waals surface area contributed by atoms with Crippen molar-refractivity contribution in [3.8, 4) is 0 Å². The Morgan fingerprint density at radius 3 is 2.11 bits per heavy atom. The minimum Gasteiger partial charge on any atom is -0.378 e. The molecule has 0 radical (unpaired) electrons. The van der Waals surface area contributed by atoms with E-state index in [1.165, 1.54) is 18.6 Å². The highest BCUT2D eigenvalue weighted by molar-refractivity contribution is 5.47. The number of nitrogens with one attached hydrogen (secondary N) is 1. The van der Waals surface area contributed by atoms with E-state index >= 15 is 0 Å². The number of alkyl halides is 3. The molecule has 1 aliphatic rings. The van der Waals surface area contributed by atoms with Crippen LogP contribution in [-0.4, -0.2) is 12.1 Å². The Morgan fingerprint density at radius 2 is 1.63 bits per heavy atom. The molecule has 0 atom stereocenters. The molecule has 3 N–H and O–H groups in total. The molecule has 0 aromatic heterocycles. The zero-order valence-electron chi connectivity index (χ0n) is 10.8. The minimum absolute atomic E-state index is 0.155. The number of nitrogens with two attached hydrogens (primary N) is 1. The van der Waals surface area contributed by atoms with Crippen LogP contribution in [0.3, 0.4) is 0 Å². The maximum atomic E-state index is 12.5. The van der Waals surface area contributed by atoms with Gasteiger partial charge >= 0.3 is 6.18 Å². The van der Waals surface area contributed by atoms with E-state index in [1.54, 1.807) is 0 Å². The second kappa shape index (κ2) is 5.41. The first kappa shape index (κ1) is 14.2. The summed E-state index contributed by atoms with van der Waals surface area (Å²) in [6.07, 6.45) is 1.11. The Labute approximate surface area is 111 Å². The van der Waals surface area contributed by atoms with Crippen molar-refractivity contribution in [2.45, 2.75) is 43.8 Å². The van der Waals surface area contributed by atoms with Gasteiger partial charge in [0.15, 0.2) is 0 Å². The lowest BCUT2D eigenvalue weighted by Gasteiger charge is -2.38. The van der Waals surface area contributed by atoms with Crippen LogP contribution in [0.4, 0.5) is 18.9 Å². The Kier molecular flexibility index (Phi) is 4.04. The lowest BCUT2D eigenvalue weighted by atomic mass is 9.81.